The summed E-state index contributed by atoms with van der Waals surface area (Å²) in [5.41, 5.74) is 9.46. The Labute approximate surface area is 126 Å². The number of aliphatic hydroxyl groups is 1. The molecule has 0 aliphatic rings. The molecule has 0 aliphatic heterocycles. The van der Waals surface area contributed by atoms with E-state index in [0.717, 1.165) is 16.9 Å². The highest BCUT2D eigenvalue weighted by Gasteiger charge is 2.18. The number of hydrogen-bond donors (Lipinski definition) is 2. The van der Waals surface area contributed by atoms with Crippen LogP contribution in [-0.2, 0) is 6.42 Å². The standard InChI is InChI=1S/C18H23NO2/c1-13-4-3-5-16(12-13)18(14(2)19)21-17-8-6-15(7-9-17)10-11-20/h3-9,12,14,18,20H,10-11,19H2,1-2H3. The summed E-state index contributed by atoms with van der Waals surface area (Å²) in [4.78, 5) is 0. The minimum Gasteiger partial charge on any atom is -0.484 e. The van der Waals surface area contributed by atoms with Crippen LogP contribution in [0, 0.1) is 6.92 Å². The summed E-state index contributed by atoms with van der Waals surface area (Å²) in [6.45, 7) is 4.17. The molecule has 2 aromatic rings. The third kappa shape index (κ3) is 4.31. The Hall–Kier alpha value is -1.84. The molecule has 112 valence electrons. The number of benzene rings is 2. The molecule has 2 rings (SSSR count). The minimum absolute atomic E-state index is 0.107. The number of rotatable bonds is 6. The highest BCUT2D eigenvalue weighted by Crippen LogP contribution is 2.25. The molecule has 0 radical (unpaired) electrons. The normalized spacial score (nSPS) is 13.7. The first-order valence-electron chi connectivity index (χ1n) is 7.29. The summed E-state index contributed by atoms with van der Waals surface area (Å²) in [7, 11) is 0. The van der Waals surface area contributed by atoms with Crippen LogP contribution in [0.15, 0.2) is 48.5 Å². The molecule has 0 bridgehead atoms. The summed E-state index contributed by atoms with van der Waals surface area (Å²) < 4.78 is 6.06. The molecular formula is C18H23NO2. The maximum Gasteiger partial charge on any atom is 0.138 e. The Morgan fingerprint density at radius 1 is 1.14 bits per heavy atom. The van der Waals surface area contributed by atoms with Crippen molar-refractivity contribution in [1.82, 2.24) is 0 Å². The average Bonchev–Trinajstić information content (AvgIpc) is 2.46. The Balaban J connectivity index is 2.16. The van der Waals surface area contributed by atoms with Crippen LogP contribution in [0.5, 0.6) is 5.75 Å². The minimum atomic E-state index is -0.173. The van der Waals surface area contributed by atoms with E-state index in [1.165, 1.54) is 5.56 Å². The van der Waals surface area contributed by atoms with Gasteiger partial charge in [0.2, 0.25) is 0 Å². The molecule has 0 saturated heterocycles. The van der Waals surface area contributed by atoms with E-state index in [1.807, 2.05) is 43.3 Å². The highest BCUT2D eigenvalue weighted by molar-refractivity contribution is 5.30. The molecule has 3 nitrogen and oxygen atoms in total. The first kappa shape index (κ1) is 15.5. The van der Waals surface area contributed by atoms with E-state index in [1.54, 1.807) is 0 Å². The molecular weight excluding hydrogens is 262 g/mol. The maximum absolute atomic E-state index is 8.93. The van der Waals surface area contributed by atoms with Gasteiger partial charge in [0.05, 0.1) is 0 Å². The van der Waals surface area contributed by atoms with Gasteiger partial charge in [0.1, 0.15) is 11.9 Å². The molecule has 0 spiro atoms. The largest absolute Gasteiger partial charge is 0.484 e. The number of ether oxygens (including phenoxy) is 1. The number of hydrogen-bond acceptors (Lipinski definition) is 3. The molecule has 2 aromatic carbocycles. The lowest BCUT2D eigenvalue weighted by Crippen LogP contribution is -2.29. The Bertz CT molecular complexity index is 564. The molecule has 0 fully saturated rings. The third-order valence-corrected chi connectivity index (χ3v) is 3.44. The third-order valence-electron chi connectivity index (χ3n) is 3.44. The van der Waals surface area contributed by atoms with Crippen LogP contribution in [-0.4, -0.2) is 17.8 Å². The monoisotopic (exact) mass is 285 g/mol. The van der Waals surface area contributed by atoms with Crippen molar-refractivity contribution in [2.24, 2.45) is 5.73 Å². The zero-order valence-corrected chi connectivity index (χ0v) is 12.6. The van der Waals surface area contributed by atoms with Gasteiger partial charge in [-0.3, -0.25) is 0 Å². The molecule has 2 unspecified atom stereocenters. The Morgan fingerprint density at radius 2 is 1.86 bits per heavy atom. The quantitative estimate of drug-likeness (QED) is 0.858. The summed E-state index contributed by atoms with van der Waals surface area (Å²) in [6.07, 6.45) is 0.489. The Kier molecular flexibility index (Phi) is 5.37. The van der Waals surface area contributed by atoms with Crippen molar-refractivity contribution in [3.63, 3.8) is 0 Å². The van der Waals surface area contributed by atoms with Crippen LogP contribution >= 0.6 is 0 Å². The van der Waals surface area contributed by atoms with E-state index in [4.69, 9.17) is 15.6 Å². The molecule has 0 heterocycles. The second-order valence-electron chi connectivity index (χ2n) is 5.43. The first-order chi connectivity index (χ1) is 10.1. The molecule has 0 aromatic heterocycles. The van der Waals surface area contributed by atoms with Crippen molar-refractivity contribution in [2.75, 3.05) is 6.61 Å². The van der Waals surface area contributed by atoms with Crippen LogP contribution in [0.2, 0.25) is 0 Å². The van der Waals surface area contributed by atoms with E-state index in [0.29, 0.717) is 6.42 Å². The van der Waals surface area contributed by atoms with Gasteiger partial charge in [0, 0.05) is 12.6 Å². The van der Waals surface area contributed by atoms with Gasteiger partial charge in [-0.25, -0.2) is 0 Å². The van der Waals surface area contributed by atoms with E-state index in [-0.39, 0.29) is 18.8 Å². The molecule has 0 aliphatic carbocycles. The van der Waals surface area contributed by atoms with E-state index < -0.39 is 0 Å². The first-order valence-corrected chi connectivity index (χ1v) is 7.29. The zero-order valence-electron chi connectivity index (χ0n) is 12.6. The second kappa shape index (κ2) is 7.25. The fourth-order valence-electron chi connectivity index (χ4n) is 2.34. The van der Waals surface area contributed by atoms with Crippen molar-refractivity contribution in [3.8, 4) is 5.75 Å². The van der Waals surface area contributed by atoms with Crippen LogP contribution < -0.4 is 10.5 Å². The van der Waals surface area contributed by atoms with Gasteiger partial charge in [0.15, 0.2) is 0 Å². The summed E-state index contributed by atoms with van der Waals surface area (Å²) >= 11 is 0. The number of nitrogens with two attached hydrogens (primary N) is 1. The van der Waals surface area contributed by atoms with Gasteiger partial charge in [-0.15, -0.1) is 0 Å². The number of aliphatic hydroxyl groups excluding tert-OH is 1. The van der Waals surface area contributed by atoms with Gasteiger partial charge >= 0.3 is 0 Å². The molecule has 3 heteroatoms. The number of aryl methyl sites for hydroxylation is 1. The lowest BCUT2D eigenvalue weighted by atomic mass is 10.0. The van der Waals surface area contributed by atoms with Crippen molar-refractivity contribution >= 4 is 0 Å². The van der Waals surface area contributed by atoms with Crippen molar-refractivity contribution in [3.05, 3.63) is 65.2 Å². The molecule has 3 N–H and O–H groups in total. The topological polar surface area (TPSA) is 55.5 Å². The van der Waals surface area contributed by atoms with Crippen LogP contribution in [0.25, 0.3) is 0 Å². The van der Waals surface area contributed by atoms with Crippen molar-refractivity contribution in [2.45, 2.75) is 32.4 Å². The summed E-state index contributed by atoms with van der Waals surface area (Å²) in [5.74, 6) is 0.792. The van der Waals surface area contributed by atoms with Crippen LogP contribution in [0.3, 0.4) is 0 Å². The van der Waals surface area contributed by atoms with Crippen LogP contribution in [0.1, 0.15) is 29.7 Å². The van der Waals surface area contributed by atoms with Gasteiger partial charge < -0.3 is 15.6 Å². The van der Waals surface area contributed by atoms with Crippen molar-refractivity contribution in [1.29, 1.82) is 0 Å². The maximum atomic E-state index is 8.93. The predicted molar refractivity (Wildman–Crippen MR) is 85.4 cm³/mol. The molecule has 0 saturated carbocycles. The lowest BCUT2D eigenvalue weighted by Gasteiger charge is -2.23. The smallest absolute Gasteiger partial charge is 0.138 e. The molecule has 0 amide bonds. The van der Waals surface area contributed by atoms with Gasteiger partial charge in [-0.05, 0) is 43.5 Å². The fraction of sp³-hybridized carbons (Fsp3) is 0.333. The second-order valence-corrected chi connectivity index (χ2v) is 5.43. The SMILES string of the molecule is Cc1cccc(C(Oc2ccc(CCO)cc2)C(C)N)c1. The fourth-order valence-corrected chi connectivity index (χ4v) is 2.34. The predicted octanol–water partition coefficient (Wildman–Crippen LogP) is 3.00. The average molecular weight is 285 g/mol. The Morgan fingerprint density at radius 3 is 2.43 bits per heavy atom. The molecule has 2 atom stereocenters. The zero-order chi connectivity index (χ0) is 15.2. The van der Waals surface area contributed by atoms with E-state index >= 15 is 0 Å². The van der Waals surface area contributed by atoms with E-state index in [9.17, 15) is 0 Å². The lowest BCUT2D eigenvalue weighted by molar-refractivity contribution is 0.180. The molecule has 21 heavy (non-hydrogen) atoms. The van der Waals surface area contributed by atoms with Crippen LogP contribution in [0.4, 0.5) is 0 Å². The van der Waals surface area contributed by atoms with Crippen molar-refractivity contribution < 1.29 is 9.84 Å². The summed E-state index contributed by atoms with van der Waals surface area (Å²) in [6, 6.07) is 15.9. The van der Waals surface area contributed by atoms with E-state index in [2.05, 4.69) is 19.1 Å². The highest BCUT2D eigenvalue weighted by atomic mass is 16.5. The van der Waals surface area contributed by atoms with Gasteiger partial charge in [-0.1, -0.05) is 42.0 Å². The van der Waals surface area contributed by atoms with Gasteiger partial charge in [0.25, 0.3) is 0 Å². The summed E-state index contributed by atoms with van der Waals surface area (Å²) in [5, 5.41) is 8.93. The van der Waals surface area contributed by atoms with Gasteiger partial charge in [-0.2, -0.15) is 0 Å².